The van der Waals surface area contributed by atoms with Crippen LogP contribution in [-0.2, 0) is 6.42 Å². The van der Waals surface area contributed by atoms with E-state index >= 15 is 0 Å². The van der Waals surface area contributed by atoms with Crippen LogP contribution in [0.4, 0.5) is 0 Å². The van der Waals surface area contributed by atoms with Gasteiger partial charge in [-0.15, -0.1) is 0 Å². The molecular weight excluding hydrogens is 232 g/mol. The lowest BCUT2D eigenvalue weighted by Crippen LogP contribution is -2.24. The molecular formula is C17H22N2. The van der Waals surface area contributed by atoms with Crippen LogP contribution in [0.25, 0.3) is 0 Å². The smallest absolute Gasteiger partial charge is 0.0754 e. The lowest BCUT2D eigenvalue weighted by atomic mass is 9.97. The summed E-state index contributed by atoms with van der Waals surface area (Å²) in [7, 11) is 0. The van der Waals surface area contributed by atoms with Crippen LogP contribution in [0.15, 0.2) is 42.6 Å². The largest absolute Gasteiger partial charge is 0.305 e. The van der Waals surface area contributed by atoms with Crippen LogP contribution in [0, 0.1) is 6.92 Å². The first-order valence-corrected chi connectivity index (χ1v) is 7.00. The minimum absolute atomic E-state index is 0.182. The summed E-state index contributed by atoms with van der Waals surface area (Å²) in [6.45, 7) is 7.38. The zero-order valence-corrected chi connectivity index (χ0v) is 12.0. The molecule has 2 nitrogen and oxygen atoms in total. The Balaban J connectivity index is 2.45. The first kappa shape index (κ1) is 13.8. The highest BCUT2D eigenvalue weighted by Crippen LogP contribution is 2.24. The number of aryl methyl sites for hydroxylation is 2. The van der Waals surface area contributed by atoms with Gasteiger partial charge in [-0.2, -0.15) is 0 Å². The second-order valence-electron chi connectivity index (χ2n) is 4.81. The second kappa shape index (κ2) is 6.48. The first-order valence-electron chi connectivity index (χ1n) is 7.00. The van der Waals surface area contributed by atoms with Crippen LogP contribution in [0.1, 0.15) is 42.3 Å². The summed E-state index contributed by atoms with van der Waals surface area (Å²) in [5, 5.41) is 3.55. The minimum Gasteiger partial charge on any atom is -0.305 e. The van der Waals surface area contributed by atoms with Crippen molar-refractivity contribution in [1.82, 2.24) is 10.3 Å². The van der Waals surface area contributed by atoms with Gasteiger partial charge in [-0.05, 0) is 37.1 Å². The van der Waals surface area contributed by atoms with Crippen molar-refractivity contribution in [2.45, 2.75) is 33.2 Å². The Morgan fingerprint density at radius 2 is 2.00 bits per heavy atom. The predicted molar refractivity (Wildman–Crippen MR) is 80.3 cm³/mol. The maximum absolute atomic E-state index is 4.61. The number of aromatic nitrogens is 1. The molecule has 1 heterocycles. The molecule has 0 spiro atoms. The summed E-state index contributed by atoms with van der Waals surface area (Å²) in [5.41, 5.74) is 5.04. The van der Waals surface area contributed by atoms with Gasteiger partial charge in [0, 0.05) is 6.20 Å². The van der Waals surface area contributed by atoms with Gasteiger partial charge in [-0.3, -0.25) is 4.98 Å². The van der Waals surface area contributed by atoms with Crippen molar-refractivity contribution in [3.05, 3.63) is 65.0 Å². The van der Waals surface area contributed by atoms with Gasteiger partial charge in [0.25, 0.3) is 0 Å². The van der Waals surface area contributed by atoms with Crippen molar-refractivity contribution in [3.8, 4) is 0 Å². The van der Waals surface area contributed by atoms with E-state index < -0.39 is 0 Å². The Morgan fingerprint density at radius 3 is 2.68 bits per heavy atom. The molecule has 0 radical (unpaired) electrons. The predicted octanol–water partition coefficient (Wildman–Crippen LogP) is 3.65. The van der Waals surface area contributed by atoms with Gasteiger partial charge < -0.3 is 5.32 Å². The Kier molecular flexibility index (Phi) is 4.69. The zero-order valence-electron chi connectivity index (χ0n) is 12.0. The van der Waals surface area contributed by atoms with Crippen molar-refractivity contribution in [2.75, 3.05) is 6.54 Å². The van der Waals surface area contributed by atoms with Crippen LogP contribution in [0.2, 0.25) is 0 Å². The van der Waals surface area contributed by atoms with Gasteiger partial charge in [0.2, 0.25) is 0 Å². The summed E-state index contributed by atoms with van der Waals surface area (Å²) < 4.78 is 0. The third-order valence-electron chi connectivity index (χ3n) is 3.36. The van der Waals surface area contributed by atoms with E-state index in [1.807, 2.05) is 12.3 Å². The third-order valence-corrected chi connectivity index (χ3v) is 3.36. The lowest BCUT2D eigenvalue weighted by Gasteiger charge is -2.20. The Morgan fingerprint density at radius 1 is 1.16 bits per heavy atom. The van der Waals surface area contributed by atoms with Crippen LogP contribution in [-0.4, -0.2) is 11.5 Å². The van der Waals surface area contributed by atoms with Crippen LogP contribution in [0.3, 0.4) is 0 Å². The molecule has 0 bridgehead atoms. The summed E-state index contributed by atoms with van der Waals surface area (Å²) in [4.78, 5) is 4.61. The molecule has 0 amide bonds. The van der Waals surface area contributed by atoms with E-state index in [0.29, 0.717) is 0 Å². The maximum Gasteiger partial charge on any atom is 0.0754 e. The highest BCUT2D eigenvalue weighted by molar-refractivity contribution is 5.34. The topological polar surface area (TPSA) is 24.9 Å². The molecule has 1 unspecified atom stereocenters. The normalized spacial score (nSPS) is 12.4. The quantitative estimate of drug-likeness (QED) is 0.881. The third kappa shape index (κ3) is 3.21. The molecule has 100 valence electrons. The second-order valence-corrected chi connectivity index (χ2v) is 4.81. The highest BCUT2D eigenvalue weighted by Gasteiger charge is 2.17. The van der Waals surface area contributed by atoms with E-state index in [1.165, 1.54) is 16.7 Å². The average Bonchev–Trinajstić information content (AvgIpc) is 2.45. The van der Waals surface area contributed by atoms with Gasteiger partial charge in [-0.1, -0.05) is 49.7 Å². The Labute approximate surface area is 115 Å². The summed E-state index contributed by atoms with van der Waals surface area (Å²) >= 11 is 0. The van der Waals surface area contributed by atoms with E-state index in [-0.39, 0.29) is 6.04 Å². The van der Waals surface area contributed by atoms with E-state index in [9.17, 15) is 0 Å². The number of benzene rings is 1. The fourth-order valence-corrected chi connectivity index (χ4v) is 2.44. The van der Waals surface area contributed by atoms with Gasteiger partial charge in [-0.25, -0.2) is 0 Å². The number of pyridine rings is 1. The molecule has 1 N–H and O–H groups in total. The van der Waals surface area contributed by atoms with Gasteiger partial charge in [0.05, 0.1) is 11.7 Å². The number of nitrogens with zero attached hydrogens (tertiary/aromatic N) is 1. The van der Waals surface area contributed by atoms with Crippen molar-refractivity contribution >= 4 is 0 Å². The maximum atomic E-state index is 4.61. The molecule has 0 saturated carbocycles. The SMILES string of the molecule is CCNC(c1cccc(C)c1)c1ncccc1CC. The molecule has 0 fully saturated rings. The monoisotopic (exact) mass is 254 g/mol. The summed E-state index contributed by atoms with van der Waals surface area (Å²) in [5.74, 6) is 0. The van der Waals surface area contributed by atoms with E-state index in [2.05, 4.69) is 61.4 Å². The van der Waals surface area contributed by atoms with E-state index in [4.69, 9.17) is 0 Å². The molecule has 1 atom stereocenters. The molecule has 1 aromatic heterocycles. The summed E-state index contributed by atoms with van der Waals surface area (Å²) in [6.07, 6.45) is 2.89. The standard InChI is InChI=1S/C17H22N2/c1-4-14-10-7-11-19-16(14)17(18-5-2)15-9-6-8-13(3)12-15/h6-12,17-18H,4-5H2,1-3H3. The summed E-state index contributed by atoms with van der Waals surface area (Å²) in [6, 6.07) is 13.0. The van der Waals surface area contributed by atoms with Crippen LogP contribution >= 0.6 is 0 Å². The zero-order chi connectivity index (χ0) is 13.7. The number of hydrogen-bond donors (Lipinski definition) is 1. The number of nitrogens with one attached hydrogen (secondary N) is 1. The molecule has 2 heteroatoms. The van der Waals surface area contributed by atoms with Crippen molar-refractivity contribution < 1.29 is 0 Å². The molecule has 19 heavy (non-hydrogen) atoms. The molecule has 0 saturated heterocycles. The molecule has 1 aromatic carbocycles. The molecule has 0 aliphatic heterocycles. The highest BCUT2D eigenvalue weighted by atomic mass is 14.9. The van der Waals surface area contributed by atoms with Crippen molar-refractivity contribution in [1.29, 1.82) is 0 Å². The fraction of sp³-hybridized carbons (Fsp3) is 0.353. The molecule has 2 aromatic rings. The number of hydrogen-bond acceptors (Lipinski definition) is 2. The Bertz CT molecular complexity index is 534. The minimum atomic E-state index is 0.182. The van der Waals surface area contributed by atoms with Gasteiger partial charge >= 0.3 is 0 Å². The molecule has 0 aliphatic carbocycles. The van der Waals surface area contributed by atoms with Crippen LogP contribution in [0.5, 0.6) is 0 Å². The van der Waals surface area contributed by atoms with Crippen LogP contribution < -0.4 is 5.32 Å². The van der Waals surface area contributed by atoms with E-state index in [0.717, 1.165) is 18.7 Å². The molecule has 2 rings (SSSR count). The van der Waals surface area contributed by atoms with E-state index in [1.54, 1.807) is 0 Å². The lowest BCUT2D eigenvalue weighted by molar-refractivity contribution is 0.609. The van der Waals surface area contributed by atoms with Gasteiger partial charge in [0.15, 0.2) is 0 Å². The van der Waals surface area contributed by atoms with Gasteiger partial charge in [0.1, 0.15) is 0 Å². The Hall–Kier alpha value is -1.67. The molecule has 0 aliphatic rings. The average molecular weight is 254 g/mol. The fourth-order valence-electron chi connectivity index (χ4n) is 2.44. The number of rotatable bonds is 5. The van der Waals surface area contributed by atoms with Crippen molar-refractivity contribution in [2.24, 2.45) is 0 Å². The van der Waals surface area contributed by atoms with Crippen molar-refractivity contribution in [3.63, 3.8) is 0 Å². The first-order chi connectivity index (χ1) is 9.26.